The van der Waals surface area contributed by atoms with Gasteiger partial charge in [-0.05, 0) is 23.6 Å². The molecule has 0 unspecified atom stereocenters. The van der Waals surface area contributed by atoms with E-state index in [2.05, 4.69) is 0 Å². The van der Waals surface area contributed by atoms with Gasteiger partial charge >= 0.3 is 5.97 Å². The summed E-state index contributed by atoms with van der Waals surface area (Å²) in [4.78, 5) is 21.8. The zero-order valence-electron chi connectivity index (χ0n) is 7.47. The van der Waals surface area contributed by atoms with E-state index in [4.69, 9.17) is 9.52 Å². The lowest BCUT2D eigenvalue weighted by Gasteiger charge is -1.92. The normalized spacial score (nSPS) is 10.1. The minimum atomic E-state index is -1.12. The largest absolute Gasteiger partial charge is 0.475 e. The molecule has 0 aliphatic rings. The van der Waals surface area contributed by atoms with E-state index in [0.717, 1.165) is 6.29 Å². The summed E-state index contributed by atoms with van der Waals surface area (Å²) < 4.78 is 5.08. The number of aldehydes is 1. The van der Waals surface area contributed by atoms with E-state index < -0.39 is 5.97 Å². The maximum absolute atomic E-state index is 10.7. The van der Waals surface area contributed by atoms with Gasteiger partial charge < -0.3 is 9.52 Å². The SMILES string of the molecule is O=Cc1sccc1-c1ccc(C(=O)O)o1. The third-order valence-corrected chi connectivity index (χ3v) is 2.73. The second-order valence-corrected chi connectivity index (χ2v) is 3.73. The fourth-order valence-corrected chi connectivity index (χ4v) is 1.92. The quantitative estimate of drug-likeness (QED) is 0.810. The Kier molecular flexibility index (Phi) is 2.39. The van der Waals surface area contributed by atoms with Crippen molar-refractivity contribution in [3.05, 3.63) is 34.2 Å². The second kappa shape index (κ2) is 3.70. The van der Waals surface area contributed by atoms with Crippen LogP contribution in [0.1, 0.15) is 20.2 Å². The van der Waals surface area contributed by atoms with E-state index >= 15 is 0 Å². The number of hydrogen-bond donors (Lipinski definition) is 1. The molecule has 0 aliphatic heterocycles. The molecule has 0 atom stereocenters. The van der Waals surface area contributed by atoms with E-state index in [0.29, 0.717) is 16.2 Å². The molecule has 0 aliphatic carbocycles. The summed E-state index contributed by atoms with van der Waals surface area (Å²) in [6.45, 7) is 0. The van der Waals surface area contributed by atoms with Gasteiger partial charge in [0.25, 0.3) is 0 Å². The second-order valence-electron chi connectivity index (χ2n) is 2.79. The number of hydrogen-bond acceptors (Lipinski definition) is 4. The van der Waals surface area contributed by atoms with Crippen molar-refractivity contribution < 1.29 is 19.1 Å². The zero-order chi connectivity index (χ0) is 10.8. The highest BCUT2D eigenvalue weighted by molar-refractivity contribution is 7.12. The van der Waals surface area contributed by atoms with Gasteiger partial charge in [0, 0.05) is 5.56 Å². The molecule has 76 valence electrons. The number of furan rings is 1. The molecular formula is C10H6O4S. The predicted octanol–water partition coefficient (Wildman–Crippen LogP) is 2.52. The molecular weight excluding hydrogens is 216 g/mol. The highest BCUT2D eigenvalue weighted by Crippen LogP contribution is 2.28. The predicted molar refractivity (Wildman–Crippen MR) is 54.4 cm³/mol. The topological polar surface area (TPSA) is 67.5 Å². The monoisotopic (exact) mass is 222 g/mol. The van der Waals surface area contributed by atoms with Gasteiger partial charge in [-0.2, -0.15) is 0 Å². The lowest BCUT2D eigenvalue weighted by atomic mass is 10.2. The van der Waals surface area contributed by atoms with Crippen LogP contribution >= 0.6 is 11.3 Å². The number of carboxylic acids is 1. The van der Waals surface area contributed by atoms with E-state index in [1.54, 1.807) is 17.5 Å². The van der Waals surface area contributed by atoms with Crippen LogP contribution in [0.25, 0.3) is 11.3 Å². The zero-order valence-corrected chi connectivity index (χ0v) is 8.28. The molecule has 0 radical (unpaired) electrons. The van der Waals surface area contributed by atoms with Crippen molar-refractivity contribution in [1.82, 2.24) is 0 Å². The molecule has 0 fully saturated rings. The van der Waals surface area contributed by atoms with Gasteiger partial charge in [-0.3, -0.25) is 4.79 Å². The van der Waals surface area contributed by atoms with Crippen LogP contribution < -0.4 is 0 Å². The first-order chi connectivity index (χ1) is 7.22. The molecule has 0 saturated carbocycles. The van der Waals surface area contributed by atoms with Crippen LogP contribution in [0.5, 0.6) is 0 Å². The van der Waals surface area contributed by atoms with Gasteiger partial charge in [0.05, 0.1) is 4.88 Å². The maximum Gasteiger partial charge on any atom is 0.371 e. The van der Waals surface area contributed by atoms with Crippen molar-refractivity contribution in [2.45, 2.75) is 0 Å². The van der Waals surface area contributed by atoms with Gasteiger partial charge in [-0.1, -0.05) is 0 Å². The van der Waals surface area contributed by atoms with E-state index in [9.17, 15) is 9.59 Å². The summed E-state index contributed by atoms with van der Waals surface area (Å²) in [5, 5.41) is 10.4. The minimum absolute atomic E-state index is 0.131. The maximum atomic E-state index is 10.7. The van der Waals surface area contributed by atoms with E-state index in [1.165, 1.54) is 17.4 Å². The summed E-state index contributed by atoms with van der Waals surface area (Å²) in [5.41, 5.74) is 0.627. The number of carboxylic acid groups (broad SMARTS) is 1. The van der Waals surface area contributed by atoms with Crippen molar-refractivity contribution in [1.29, 1.82) is 0 Å². The van der Waals surface area contributed by atoms with Crippen molar-refractivity contribution in [2.24, 2.45) is 0 Å². The molecule has 0 bridgehead atoms. The average molecular weight is 222 g/mol. The van der Waals surface area contributed by atoms with E-state index in [1.807, 2.05) is 0 Å². The molecule has 0 saturated heterocycles. The summed E-state index contributed by atoms with van der Waals surface area (Å²) in [6.07, 6.45) is 0.725. The Labute approximate surface area is 88.8 Å². The molecule has 0 amide bonds. The summed E-state index contributed by atoms with van der Waals surface area (Å²) in [5.74, 6) is -0.854. The van der Waals surface area contributed by atoms with Crippen LogP contribution in [0.2, 0.25) is 0 Å². The van der Waals surface area contributed by atoms with Crippen LogP contribution in [-0.4, -0.2) is 17.4 Å². The first-order valence-corrected chi connectivity index (χ1v) is 4.96. The Hall–Kier alpha value is -1.88. The van der Waals surface area contributed by atoms with Gasteiger partial charge in [-0.25, -0.2) is 4.79 Å². The van der Waals surface area contributed by atoms with Crippen LogP contribution in [0.15, 0.2) is 28.0 Å². The lowest BCUT2D eigenvalue weighted by Crippen LogP contribution is -1.91. The van der Waals surface area contributed by atoms with Gasteiger partial charge in [-0.15, -0.1) is 11.3 Å². The van der Waals surface area contributed by atoms with E-state index in [-0.39, 0.29) is 5.76 Å². The number of rotatable bonds is 3. The Bertz CT molecular complexity index is 509. The van der Waals surface area contributed by atoms with Crippen molar-refractivity contribution in [3.8, 4) is 11.3 Å². The standard InChI is InChI=1S/C10H6O4S/c11-5-9-6(3-4-15-9)7-1-2-8(14-7)10(12)13/h1-5H,(H,12,13). The smallest absolute Gasteiger partial charge is 0.371 e. The lowest BCUT2D eigenvalue weighted by molar-refractivity contribution is 0.0663. The van der Waals surface area contributed by atoms with Crippen molar-refractivity contribution in [3.63, 3.8) is 0 Å². The van der Waals surface area contributed by atoms with Crippen LogP contribution in [0.4, 0.5) is 0 Å². The van der Waals surface area contributed by atoms with Crippen LogP contribution in [-0.2, 0) is 0 Å². The Morgan fingerprint density at radius 3 is 2.80 bits per heavy atom. The molecule has 15 heavy (non-hydrogen) atoms. The summed E-state index contributed by atoms with van der Waals surface area (Å²) >= 11 is 1.29. The highest BCUT2D eigenvalue weighted by Gasteiger charge is 2.13. The number of thiophene rings is 1. The molecule has 2 aromatic rings. The number of carbonyl (C=O) groups excluding carboxylic acids is 1. The fourth-order valence-electron chi connectivity index (χ4n) is 1.21. The van der Waals surface area contributed by atoms with Gasteiger partial charge in [0.15, 0.2) is 6.29 Å². The van der Waals surface area contributed by atoms with Crippen molar-refractivity contribution >= 4 is 23.6 Å². The molecule has 0 aromatic carbocycles. The molecule has 2 aromatic heterocycles. The van der Waals surface area contributed by atoms with Gasteiger partial charge in [0.1, 0.15) is 5.76 Å². The summed E-state index contributed by atoms with van der Waals surface area (Å²) in [6, 6.07) is 4.63. The van der Waals surface area contributed by atoms with Crippen LogP contribution in [0, 0.1) is 0 Å². The number of aromatic carboxylic acids is 1. The fraction of sp³-hybridized carbons (Fsp3) is 0. The minimum Gasteiger partial charge on any atom is -0.475 e. The first-order valence-electron chi connectivity index (χ1n) is 4.08. The molecule has 4 nitrogen and oxygen atoms in total. The molecule has 5 heteroatoms. The third-order valence-electron chi connectivity index (χ3n) is 1.88. The Morgan fingerprint density at radius 2 is 2.20 bits per heavy atom. The molecule has 1 N–H and O–H groups in total. The average Bonchev–Trinajstić information content (AvgIpc) is 2.85. The van der Waals surface area contributed by atoms with Crippen LogP contribution in [0.3, 0.4) is 0 Å². The molecule has 0 spiro atoms. The van der Waals surface area contributed by atoms with Crippen molar-refractivity contribution in [2.75, 3.05) is 0 Å². The Balaban J connectivity index is 2.45. The first kappa shape index (κ1) is 9.67. The third kappa shape index (κ3) is 1.69. The highest BCUT2D eigenvalue weighted by atomic mass is 32.1. The molecule has 2 rings (SSSR count). The molecule has 2 heterocycles. The number of carbonyl (C=O) groups is 2. The Morgan fingerprint density at radius 1 is 1.40 bits per heavy atom. The summed E-state index contributed by atoms with van der Waals surface area (Å²) in [7, 11) is 0. The van der Waals surface area contributed by atoms with Gasteiger partial charge in [0.2, 0.25) is 5.76 Å².